The van der Waals surface area contributed by atoms with E-state index in [4.69, 9.17) is 0 Å². The minimum Gasteiger partial charge on any atom is -0.343 e. The maximum Gasteiger partial charge on any atom is 0.236 e. The van der Waals surface area contributed by atoms with E-state index in [9.17, 15) is 4.79 Å². The summed E-state index contributed by atoms with van der Waals surface area (Å²) in [4.78, 5) is 15.8. The Labute approximate surface area is 93.4 Å². The first-order chi connectivity index (χ1) is 7.19. The highest BCUT2D eigenvalue weighted by molar-refractivity contribution is 5.78. The van der Waals surface area contributed by atoms with Gasteiger partial charge in [-0.2, -0.15) is 0 Å². The number of rotatable bonds is 5. The van der Waals surface area contributed by atoms with Crippen LogP contribution in [0, 0.1) is 0 Å². The maximum absolute atomic E-state index is 11.6. The molecule has 0 aliphatic carbocycles. The molecule has 1 amide bonds. The molecule has 0 radical (unpaired) electrons. The van der Waals surface area contributed by atoms with Crippen LogP contribution in [0.4, 0.5) is 0 Å². The van der Waals surface area contributed by atoms with Gasteiger partial charge in [0.1, 0.15) is 0 Å². The van der Waals surface area contributed by atoms with Crippen molar-refractivity contribution in [2.75, 3.05) is 26.7 Å². The molecule has 1 aliphatic heterocycles. The average molecular weight is 212 g/mol. The zero-order valence-corrected chi connectivity index (χ0v) is 10.3. The number of amides is 1. The maximum atomic E-state index is 11.6. The average Bonchev–Trinajstić information content (AvgIpc) is 2.24. The summed E-state index contributed by atoms with van der Waals surface area (Å²) in [6, 6.07) is 0.614. The van der Waals surface area contributed by atoms with Crippen molar-refractivity contribution in [3.05, 3.63) is 0 Å². The fourth-order valence-corrected chi connectivity index (χ4v) is 2.17. The van der Waals surface area contributed by atoms with Gasteiger partial charge in [0, 0.05) is 26.2 Å². The lowest BCUT2D eigenvalue weighted by atomic mass is 10.0. The van der Waals surface area contributed by atoms with E-state index in [0.717, 1.165) is 19.5 Å². The van der Waals surface area contributed by atoms with Gasteiger partial charge < -0.3 is 4.90 Å². The first kappa shape index (κ1) is 12.5. The zero-order chi connectivity index (χ0) is 11.3. The fourth-order valence-electron chi connectivity index (χ4n) is 2.17. The predicted octanol–water partition coefficient (Wildman–Crippen LogP) is 1.73. The summed E-state index contributed by atoms with van der Waals surface area (Å²) in [7, 11) is 1.90. The summed E-state index contributed by atoms with van der Waals surface area (Å²) in [5.41, 5.74) is 0. The van der Waals surface area contributed by atoms with Crippen molar-refractivity contribution < 1.29 is 4.79 Å². The molecule has 1 rings (SSSR count). The van der Waals surface area contributed by atoms with Gasteiger partial charge in [0.2, 0.25) is 5.91 Å². The SMILES string of the molecule is CCCCC(CC)N1CCN(C)C(=O)C1. The largest absolute Gasteiger partial charge is 0.343 e. The Bertz CT molecular complexity index is 206. The molecule has 3 heteroatoms. The highest BCUT2D eigenvalue weighted by Crippen LogP contribution is 2.14. The topological polar surface area (TPSA) is 23.6 Å². The lowest BCUT2D eigenvalue weighted by Crippen LogP contribution is -2.52. The van der Waals surface area contributed by atoms with Crippen LogP contribution >= 0.6 is 0 Å². The third kappa shape index (κ3) is 3.49. The normalized spacial score (nSPS) is 20.7. The van der Waals surface area contributed by atoms with Crippen LogP contribution in [-0.2, 0) is 4.79 Å². The molecule has 1 atom stereocenters. The Kier molecular flexibility index (Phi) is 5.09. The minimum atomic E-state index is 0.274. The third-order valence-electron chi connectivity index (χ3n) is 3.37. The molecule has 1 heterocycles. The molecule has 1 unspecified atom stereocenters. The van der Waals surface area contributed by atoms with Gasteiger partial charge in [-0.25, -0.2) is 0 Å². The number of hydrogen-bond donors (Lipinski definition) is 0. The summed E-state index contributed by atoms with van der Waals surface area (Å²) in [5.74, 6) is 0.274. The summed E-state index contributed by atoms with van der Waals surface area (Å²) >= 11 is 0. The molecular weight excluding hydrogens is 188 g/mol. The van der Waals surface area contributed by atoms with Gasteiger partial charge in [0.05, 0.1) is 6.54 Å². The van der Waals surface area contributed by atoms with Crippen molar-refractivity contribution in [2.24, 2.45) is 0 Å². The number of carbonyl (C=O) groups excluding carboxylic acids is 1. The first-order valence-electron chi connectivity index (χ1n) is 6.17. The third-order valence-corrected chi connectivity index (χ3v) is 3.37. The van der Waals surface area contributed by atoms with Gasteiger partial charge in [-0.15, -0.1) is 0 Å². The first-order valence-corrected chi connectivity index (χ1v) is 6.17. The molecule has 0 aromatic heterocycles. The Balaban J connectivity index is 2.43. The molecule has 0 bridgehead atoms. The second-order valence-electron chi connectivity index (χ2n) is 4.49. The van der Waals surface area contributed by atoms with E-state index in [1.165, 1.54) is 19.3 Å². The van der Waals surface area contributed by atoms with Gasteiger partial charge in [-0.1, -0.05) is 26.7 Å². The van der Waals surface area contributed by atoms with Crippen LogP contribution in [0.5, 0.6) is 0 Å². The Hall–Kier alpha value is -0.570. The molecule has 1 saturated heterocycles. The number of likely N-dealkylation sites (N-methyl/N-ethyl adjacent to an activating group) is 1. The molecule has 1 aliphatic rings. The van der Waals surface area contributed by atoms with Crippen molar-refractivity contribution in [3.63, 3.8) is 0 Å². The Morgan fingerprint density at radius 2 is 2.07 bits per heavy atom. The van der Waals surface area contributed by atoms with Crippen LogP contribution in [0.1, 0.15) is 39.5 Å². The number of nitrogens with zero attached hydrogens (tertiary/aromatic N) is 2. The van der Waals surface area contributed by atoms with E-state index in [0.29, 0.717) is 12.6 Å². The van der Waals surface area contributed by atoms with Gasteiger partial charge in [0.25, 0.3) is 0 Å². The molecule has 3 nitrogen and oxygen atoms in total. The fraction of sp³-hybridized carbons (Fsp3) is 0.917. The molecule has 15 heavy (non-hydrogen) atoms. The Morgan fingerprint density at radius 1 is 1.33 bits per heavy atom. The van der Waals surface area contributed by atoms with Crippen LogP contribution in [0.3, 0.4) is 0 Å². The molecule has 0 aromatic rings. The number of hydrogen-bond acceptors (Lipinski definition) is 2. The second-order valence-corrected chi connectivity index (χ2v) is 4.49. The molecule has 88 valence electrons. The van der Waals surface area contributed by atoms with E-state index < -0.39 is 0 Å². The molecule has 0 N–H and O–H groups in total. The predicted molar refractivity (Wildman–Crippen MR) is 62.8 cm³/mol. The van der Waals surface area contributed by atoms with Crippen LogP contribution < -0.4 is 0 Å². The Morgan fingerprint density at radius 3 is 2.60 bits per heavy atom. The lowest BCUT2D eigenvalue weighted by Gasteiger charge is -2.37. The number of carbonyl (C=O) groups is 1. The van der Waals surface area contributed by atoms with Gasteiger partial charge >= 0.3 is 0 Å². The number of unbranched alkanes of at least 4 members (excludes halogenated alkanes) is 1. The number of piperazine rings is 1. The van der Waals surface area contributed by atoms with Crippen LogP contribution in [-0.4, -0.2) is 48.4 Å². The smallest absolute Gasteiger partial charge is 0.236 e. The minimum absolute atomic E-state index is 0.274. The van der Waals surface area contributed by atoms with Crippen molar-refractivity contribution in [3.8, 4) is 0 Å². The van der Waals surface area contributed by atoms with Gasteiger partial charge in [-0.05, 0) is 12.8 Å². The van der Waals surface area contributed by atoms with E-state index in [2.05, 4.69) is 18.7 Å². The van der Waals surface area contributed by atoms with E-state index >= 15 is 0 Å². The summed E-state index contributed by atoms with van der Waals surface area (Å²) < 4.78 is 0. The van der Waals surface area contributed by atoms with E-state index in [-0.39, 0.29) is 5.91 Å². The van der Waals surface area contributed by atoms with Crippen molar-refractivity contribution in [2.45, 2.75) is 45.6 Å². The van der Waals surface area contributed by atoms with Gasteiger partial charge in [-0.3, -0.25) is 9.69 Å². The highest BCUT2D eigenvalue weighted by atomic mass is 16.2. The lowest BCUT2D eigenvalue weighted by molar-refractivity contribution is -0.135. The monoisotopic (exact) mass is 212 g/mol. The summed E-state index contributed by atoms with van der Waals surface area (Å²) in [5, 5.41) is 0. The zero-order valence-electron chi connectivity index (χ0n) is 10.3. The second kappa shape index (κ2) is 6.11. The molecule has 0 saturated carbocycles. The van der Waals surface area contributed by atoms with Crippen LogP contribution in [0.15, 0.2) is 0 Å². The summed E-state index contributed by atoms with van der Waals surface area (Å²) in [6.07, 6.45) is 4.93. The van der Waals surface area contributed by atoms with Crippen LogP contribution in [0.2, 0.25) is 0 Å². The quantitative estimate of drug-likeness (QED) is 0.693. The van der Waals surface area contributed by atoms with Crippen molar-refractivity contribution in [1.29, 1.82) is 0 Å². The van der Waals surface area contributed by atoms with E-state index in [1.54, 1.807) is 0 Å². The van der Waals surface area contributed by atoms with Gasteiger partial charge in [0.15, 0.2) is 0 Å². The molecule has 0 spiro atoms. The highest BCUT2D eigenvalue weighted by Gasteiger charge is 2.25. The molecular formula is C12H24N2O. The van der Waals surface area contributed by atoms with E-state index in [1.807, 2.05) is 11.9 Å². The molecule has 0 aromatic carbocycles. The molecule has 1 fully saturated rings. The summed E-state index contributed by atoms with van der Waals surface area (Å²) in [6.45, 7) is 7.01. The van der Waals surface area contributed by atoms with Crippen molar-refractivity contribution in [1.82, 2.24) is 9.80 Å². The van der Waals surface area contributed by atoms with Crippen molar-refractivity contribution >= 4 is 5.91 Å². The standard InChI is InChI=1S/C12H24N2O/c1-4-6-7-11(5-2)14-9-8-13(3)12(15)10-14/h11H,4-10H2,1-3H3. The van der Waals surface area contributed by atoms with Crippen LogP contribution in [0.25, 0.3) is 0 Å².